The Kier molecular flexibility index (Phi) is 4.19. The molecule has 0 saturated heterocycles. The van der Waals surface area contributed by atoms with E-state index >= 15 is 0 Å². The molecule has 112 valence electrons. The van der Waals surface area contributed by atoms with E-state index in [9.17, 15) is 0 Å². The van der Waals surface area contributed by atoms with Crippen molar-refractivity contribution < 1.29 is 9.26 Å². The molecule has 1 aromatic heterocycles. The number of hydrogen-bond donors (Lipinski definition) is 0. The summed E-state index contributed by atoms with van der Waals surface area (Å²) in [5, 5.41) is 4.48. The number of benzene rings is 1. The molecule has 0 atom stereocenters. The van der Waals surface area contributed by atoms with E-state index in [1.807, 2.05) is 52.8 Å². The molecule has 0 bridgehead atoms. The van der Waals surface area contributed by atoms with E-state index in [0.717, 1.165) is 33.7 Å². The molecule has 0 fully saturated rings. The van der Waals surface area contributed by atoms with E-state index in [4.69, 9.17) is 21.5 Å². The Morgan fingerprint density at radius 3 is 2.38 bits per heavy atom. The number of ether oxygens (including phenoxy) is 1. The second-order valence-corrected chi connectivity index (χ2v) is 6.64. The number of aromatic nitrogens is 1. The third-order valence-corrected chi connectivity index (χ3v) is 3.47. The summed E-state index contributed by atoms with van der Waals surface area (Å²) >= 11 is 5.45. The fourth-order valence-electron chi connectivity index (χ4n) is 2.26. The normalized spacial score (nSPS) is 11.5. The molecule has 0 saturated carbocycles. The van der Waals surface area contributed by atoms with Crippen molar-refractivity contribution in [3.63, 3.8) is 0 Å². The van der Waals surface area contributed by atoms with Crippen LogP contribution in [0.2, 0.25) is 0 Å². The Balaban J connectivity index is 2.49. The van der Waals surface area contributed by atoms with Gasteiger partial charge in [0, 0.05) is 17.2 Å². The van der Waals surface area contributed by atoms with Gasteiger partial charge in [-0.25, -0.2) is 0 Å². The summed E-state index contributed by atoms with van der Waals surface area (Å²) in [5.74, 6) is 0.767. The van der Waals surface area contributed by atoms with Gasteiger partial charge in [-0.05, 0) is 71.0 Å². The molecule has 4 heteroatoms. The molecule has 2 aromatic rings. The van der Waals surface area contributed by atoms with Crippen molar-refractivity contribution in [1.29, 1.82) is 0 Å². The lowest BCUT2D eigenvalue weighted by Gasteiger charge is -2.23. The SMILES string of the molecule is Cc1cc(-c2c(C)ccc(C(=S)OC(C)(C)C)c2C)on1. The van der Waals surface area contributed by atoms with Crippen LogP contribution in [0, 0.1) is 20.8 Å². The molecule has 0 spiro atoms. The van der Waals surface area contributed by atoms with Crippen LogP contribution in [0.15, 0.2) is 22.7 Å². The maximum atomic E-state index is 5.83. The van der Waals surface area contributed by atoms with Crippen molar-refractivity contribution in [1.82, 2.24) is 5.16 Å². The highest BCUT2D eigenvalue weighted by Crippen LogP contribution is 2.31. The molecule has 0 aliphatic carbocycles. The van der Waals surface area contributed by atoms with Crippen LogP contribution >= 0.6 is 12.2 Å². The first-order valence-corrected chi connectivity index (χ1v) is 7.37. The van der Waals surface area contributed by atoms with Crippen molar-refractivity contribution in [2.75, 3.05) is 0 Å². The Bertz CT molecular complexity index is 681. The summed E-state index contributed by atoms with van der Waals surface area (Å²) in [5.41, 5.74) is 4.70. The molecule has 0 radical (unpaired) electrons. The Morgan fingerprint density at radius 1 is 1.19 bits per heavy atom. The predicted octanol–water partition coefficient (Wildman–Crippen LogP) is 4.76. The average molecular weight is 303 g/mol. The zero-order valence-corrected chi connectivity index (χ0v) is 14.2. The molecule has 1 heterocycles. The number of rotatable bonds is 2. The van der Waals surface area contributed by atoms with Gasteiger partial charge in [0.2, 0.25) is 0 Å². The highest BCUT2D eigenvalue weighted by atomic mass is 32.1. The average Bonchev–Trinajstić information content (AvgIpc) is 2.73. The van der Waals surface area contributed by atoms with Crippen LogP contribution in [0.3, 0.4) is 0 Å². The van der Waals surface area contributed by atoms with E-state index in [2.05, 4.69) is 12.1 Å². The predicted molar refractivity (Wildman–Crippen MR) is 88.7 cm³/mol. The molecule has 3 nitrogen and oxygen atoms in total. The molecule has 1 aromatic carbocycles. The Morgan fingerprint density at radius 2 is 1.86 bits per heavy atom. The third-order valence-electron chi connectivity index (χ3n) is 3.17. The van der Waals surface area contributed by atoms with Gasteiger partial charge in [0.15, 0.2) is 10.8 Å². The van der Waals surface area contributed by atoms with Crippen LogP contribution in [-0.2, 0) is 4.74 Å². The van der Waals surface area contributed by atoms with E-state index in [0.29, 0.717) is 5.05 Å². The zero-order valence-electron chi connectivity index (χ0n) is 13.4. The van der Waals surface area contributed by atoms with Crippen LogP contribution in [-0.4, -0.2) is 15.8 Å². The molecule has 0 aliphatic heterocycles. The van der Waals surface area contributed by atoms with E-state index in [1.165, 1.54) is 0 Å². The molecule has 21 heavy (non-hydrogen) atoms. The van der Waals surface area contributed by atoms with Crippen molar-refractivity contribution >= 4 is 17.3 Å². The first-order chi connectivity index (χ1) is 9.69. The minimum atomic E-state index is -0.308. The first kappa shape index (κ1) is 15.7. The van der Waals surface area contributed by atoms with Gasteiger partial charge >= 0.3 is 0 Å². The maximum absolute atomic E-state index is 5.83. The second kappa shape index (κ2) is 5.60. The van der Waals surface area contributed by atoms with Crippen molar-refractivity contribution in [2.24, 2.45) is 0 Å². The Hall–Kier alpha value is -1.68. The molecular weight excluding hydrogens is 282 g/mol. The second-order valence-electron chi connectivity index (χ2n) is 6.26. The smallest absolute Gasteiger partial charge is 0.191 e. The van der Waals surface area contributed by atoms with E-state index < -0.39 is 0 Å². The fourth-order valence-corrected chi connectivity index (χ4v) is 2.73. The lowest BCUT2D eigenvalue weighted by atomic mass is 9.96. The number of hydrogen-bond acceptors (Lipinski definition) is 4. The van der Waals surface area contributed by atoms with Gasteiger partial charge < -0.3 is 9.26 Å². The Labute approximate surface area is 131 Å². The third kappa shape index (κ3) is 3.50. The molecule has 0 N–H and O–H groups in total. The van der Waals surface area contributed by atoms with Crippen molar-refractivity contribution in [3.8, 4) is 11.3 Å². The van der Waals surface area contributed by atoms with Crippen LogP contribution in [0.25, 0.3) is 11.3 Å². The van der Waals surface area contributed by atoms with Gasteiger partial charge in [-0.15, -0.1) is 0 Å². The van der Waals surface area contributed by atoms with Gasteiger partial charge in [0.1, 0.15) is 5.60 Å². The zero-order chi connectivity index (χ0) is 15.8. The highest BCUT2D eigenvalue weighted by Gasteiger charge is 2.20. The summed E-state index contributed by atoms with van der Waals surface area (Å²) in [6, 6.07) is 5.98. The summed E-state index contributed by atoms with van der Waals surface area (Å²) < 4.78 is 11.2. The van der Waals surface area contributed by atoms with Crippen LogP contribution in [0.4, 0.5) is 0 Å². The van der Waals surface area contributed by atoms with Crippen LogP contribution in [0.1, 0.15) is 43.2 Å². The number of aryl methyl sites for hydroxylation is 2. The highest BCUT2D eigenvalue weighted by molar-refractivity contribution is 7.80. The maximum Gasteiger partial charge on any atom is 0.191 e. The lowest BCUT2D eigenvalue weighted by molar-refractivity contribution is 0.122. The van der Waals surface area contributed by atoms with Gasteiger partial charge in [0.25, 0.3) is 0 Å². The number of nitrogens with zero attached hydrogens (tertiary/aromatic N) is 1. The summed E-state index contributed by atoms with van der Waals surface area (Å²) in [6.45, 7) is 12.0. The van der Waals surface area contributed by atoms with E-state index in [-0.39, 0.29) is 5.60 Å². The van der Waals surface area contributed by atoms with Crippen molar-refractivity contribution in [2.45, 2.75) is 47.1 Å². The van der Waals surface area contributed by atoms with Gasteiger partial charge in [0.05, 0.1) is 5.69 Å². The number of thiocarbonyl (C=S) groups is 1. The molecular formula is C17H21NO2S. The van der Waals surface area contributed by atoms with Crippen molar-refractivity contribution in [3.05, 3.63) is 40.6 Å². The minimum absolute atomic E-state index is 0.308. The standard InChI is InChI=1S/C17H21NO2S/c1-10-7-8-13(16(21)19-17(4,5)6)12(3)15(10)14-9-11(2)18-20-14/h7-9H,1-6H3. The topological polar surface area (TPSA) is 35.3 Å². The molecule has 0 unspecified atom stereocenters. The summed E-state index contributed by atoms with van der Waals surface area (Å²) in [7, 11) is 0. The fraction of sp³-hybridized carbons (Fsp3) is 0.412. The van der Waals surface area contributed by atoms with Gasteiger partial charge in [-0.2, -0.15) is 0 Å². The largest absolute Gasteiger partial charge is 0.477 e. The monoisotopic (exact) mass is 303 g/mol. The first-order valence-electron chi connectivity index (χ1n) is 6.96. The van der Waals surface area contributed by atoms with Crippen LogP contribution in [0.5, 0.6) is 0 Å². The molecule has 0 amide bonds. The van der Waals surface area contributed by atoms with Gasteiger partial charge in [-0.1, -0.05) is 11.2 Å². The minimum Gasteiger partial charge on any atom is -0.477 e. The molecule has 0 aliphatic rings. The van der Waals surface area contributed by atoms with E-state index in [1.54, 1.807) is 0 Å². The summed E-state index contributed by atoms with van der Waals surface area (Å²) in [4.78, 5) is 0. The molecule has 2 rings (SSSR count). The quantitative estimate of drug-likeness (QED) is 0.749. The van der Waals surface area contributed by atoms with Gasteiger partial charge in [-0.3, -0.25) is 0 Å². The summed E-state index contributed by atoms with van der Waals surface area (Å²) in [6.07, 6.45) is 0. The van der Waals surface area contributed by atoms with Crippen LogP contribution < -0.4 is 0 Å². The lowest BCUT2D eigenvalue weighted by Crippen LogP contribution is -2.23.